The van der Waals surface area contributed by atoms with Crippen molar-refractivity contribution in [2.24, 2.45) is 0 Å². The third-order valence-corrected chi connectivity index (χ3v) is 7.02. The van der Waals surface area contributed by atoms with E-state index in [-0.39, 0.29) is 5.41 Å². The first-order valence-electron chi connectivity index (χ1n) is 7.73. The minimum absolute atomic E-state index is 0.171. The van der Waals surface area contributed by atoms with Gasteiger partial charge in [0, 0.05) is 5.41 Å². The maximum atomic E-state index is 2.49. The maximum Gasteiger partial charge on any atom is 0.0736 e. The summed E-state index contributed by atoms with van der Waals surface area (Å²) in [5, 5.41) is 1.66. The van der Waals surface area contributed by atoms with E-state index in [0.29, 0.717) is 0 Å². The SMILES string of the molecule is CC1(C)C([Si](C)(C)C)=Cc2c(-c3ccccc3)cccc21. The molecule has 0 radical (unpaired) electrons. The van der Waals surface area contributed by atoms with Gasteiger partial charge in [0.1, 0.15) is 0 Å². The molecular weight excluding hydrogens is 268 g/mol. The second kappa shape index (κ2) is 4.71. The molecule has 0 aliphatic heterocycles. The van der Waals surface area contributed by atoms with Gasteiger partial charge >= 0.3 is 0 Å². The van der Waals surface area contributed by atoms with Crippen molar-refractivity contribution in [1.29, 1.82) is 0 Å². The first-order valence-corrected chi connectivity index (χ1v) is 11.2. The van der Waals surface area contributed by atoms with Gasteiger partial charge in [-0.2, -0.15) is 0 Å². The van der Waals surface area contributed by atoms with Gasteiger partial charge in [0.05, 0.1) is 8.07 Å². The first kappa shape index (κ1) is 14.3. The topological polar surface area (TPSA) is 0 Å². The van der Waals surface area contributed by atoms with Crippen LogP contribution in [0, 0.1) is 0 Å². The lowest BCUT2D eigenvalue weighted by molar-refractivity contribution is 0.663. The van der Waals surface area contributed by atoms with E-state index >= 15 is 0 Å². The number of allylic oxidation sites excluding steroid dienone is 1. The molecule has 0 unspecified atom stereocenters. The number of hydrogen-bond acceptors (Lipinski definition) is 0. The smallest absolute Gasteiger partial charge is 0.0707 e. The van der Waals surface area contributed by atoms with Crippen LogP contribution in [0.4, 0.5) is 0 Å². The van der Waals surface area contributed by atoms with Crippen molar-refractivity contribution in [3.05, 3.63) is 64.9 Å². The molecule has 0 bridgehead atoms. The molecule has 0 aromatic heterocycles. The zero-order chi connectivity index (χ0) is 15.3. The predicted molar refractivity (Wildman–Crippen MR) is 96.2 cm³/mol. The van der Waals surface area contributed by atoms with Crippen LogP contribution in [0.5, 0.6) is 0 Å². The van der Waals surface area contributed by atoms with Crippen molar-refractivity contribution >= 4 is 14.1 Å². The van der Waals surface area contributed by atoms with Crippen molar-refractivity contribution in [1.82, 2.24) is 0 Å². The van der Waals surface area contributed by atoms with Crippen LogP contribution >= 0.6 is 0 Å². The highest BCUT2D eigenvalue weighted by Gasteiger charge is 2.39. The highest BCUT2D eigenvalue weighted by Crippen LogP contribution is 2.47. The molecule has 0 nitrogen and oxygen atoms in total. The number of benzene rings is 2. The zero-order valence-corrected chi connectivity index (χ0v) is 14.7. The molecule has 0 N–H and O–H groups in total. The molecule has 3 rings (SSSR count). The molecule has 1 aliphatic rings. The number of rotatable bonds is 2. The molecule has 1 heteroatoms. The second-order valence-electron chi connectivity index (χ2n) is 7.57. The van der Waals surface area contributed by atoms with Crippen molar-refractivity contribution in [2.45, 2.75) is 38.9 Å². The standard InChI is InChI=1S/C20H24Si/c1-20(2)18-13-9-12-16(15-10-7-6-8-11-15)17(18)14-19(20)21(3,4)5/h6-14H,1-5H3. The lowest BCUT2D eigenvalue weighted by atomic mass is 9.85. The van der Waals surface area contributed by atoms with Crippen molar-refractivity contribution in [2.75, 3.05) is 0 Å². The minimum Gasteiger partial charge on any atom is -0.0707 e. The fraction of sp³-hybridized carbons (Fsp3) is 0.300. The molecule has 1 aliphatic carbocycles. The second-order valence-corrected chi connectivity index (χ2v) is 12.6. The summed E-state index contributed by atoms with van der Waals surface area (Å²) in [6.45, 7) is 12.1. The minimum atomic E-state index is -1.32. The Morgan fingerprint density at radius 1 is 0.810 bits per heavy atom. The number of hydrogen-bond donors (Lipinski definition) is 0. The van der Waals surface area contributed by atoms with E-state index in [1.165, 1.54) is 22.3 Å². The Hall–Kier alpha value is -1.60. The molecule has 0 fully saturated rings. The fourth-order valence-corrected chi connectivity index (χ4v) is 6.35. The van der Waals surface area contributed by atoms with Gasteiger partial charge in [-0.3, -0.25) is 0 Å². The van der Waals surface area contributed by atoms with Crippen molar-refractivity contribution < 1.29 is 0 Å². The highest BCUT2D eigenvalue weighted by molar-refractivity contribution is 6.84. The Morgan fingerprint density at radius 3 is 2.10 bits per heavy atom. The maximum absolute atomic E-state index is 2.49. The summed E-state index contributed by atoms with van der Waals surface area (Å²) in [6, 6.07) is 17.5. The van der Waals surface area contributed by atoms with E-state index in [0.717, 1.165) is 0 Å². The van der Waals surface area contributed by atoms with Crippen molar-refractivity contribution in [3.63, 3.8) is 0 Å². The summed E-state index contributed by atoms with van der Waals surface area (Å²) in [5.74, 6) is 0. The van der Waals surface area contributed by atoms with Gasteiger partial charge in [-0.15, -0.1) is 0 Å². The Balaban J connectivity index is 2.24. The molecule has 0 atom stereocenters. The van der Waals surface area contributed by atoms with Crippen LogP contribution in [0.2, 0.25) is 19.6 Å². The van der Waals surface area contributed by atoms with Crippen LogP contribution in [0.25, 0.3) is 17.2 Å². The summed E-state index contributed by atoms with van der Waals surface area (Å²) in [7, 11) is -1.32. The van der Waals surface area contributed by atoms with E-state index in [1.807, 2.05) is 0 Å². The molecule has 21 heavy (non-hydrogen) atoms. The van der Waals surface area contributed by atoms with Gasteiger partial charge in [0.2, 0.25) is 0 Å². The normalized spacial score (nSPS) is 16.5. The van der Waals surface area contributed by atoms with Gasteiger partial charge in [0.25, 0.3) is 0 Å². The fourth-order valence-electron chi connectivity index (χ4n) is 3.76. The summed E-state index contributed by atoms with van der Waals surface area (Å²) in [5.41, 5.74) is 5.78. The molecule has 108 valence electrons. The van der Waals surface area contributed by atoms with E-state index in [2.05, 4.69) is 88.1 Å². The van der Waals surface area contributed by atoms with Gasteiger partial charge < -0.3 is 0 Å². The summed E-state index contributed by atoms with van der Waals surface area (Å²) < 4.78 is 0. The zero-order valence-electron chi connectivity index (χ0n) is 13.7. The van der Waals surface area contributed by atoms with E-state index < -0.39 is 8.07 Å². The van der Waals surface area contributed by atoms with E-state index in [1.54, 1.807) is 5.20 Å². The quantitative estimate of drug-likeness (QED) is 0.604. The molecule has 0 spiro atoms. The summed E-state index contributed by atoms with van der Waals surface area (Å²) >= 11 is 0. The molecule has 0 saturated carbocycles. The van der Waals surface area contributed by atoms with Crippen LogP contribution < -0.4 is 0 Å². The van der Waals surface area contributed by atoms with Gasteiger partial charge in [-0.25, -0.2) is 0 Å². The molecule has 2 aromatic rings. The van der Waals surface area contributed by atoms with Crippen LogP contribution in [-0.4, -0.2) is 8.07 Å². The highest BCUT2D eigenvalue weighted by atomic mass is 28.3. The molecule has 0 amide bonds. The molecule has 0 heterocycles. The average molecular weight is 292 g/mol. The lowest BCUT2D eigenvalue weighted by Gasteiger charge is -2.32. The molecule has 2 aromatic carbocycles. The third-order valence-electron chi connectivity index (χ3n) is 4.63. The van der Waals surface area contributed by atoms with Crippen LogP contribution in [-0.2, 0) is 5.41 Å². The largest absolute Gasteiger partial charge is 0.0736 e. The van der Waals surface area contributed by atoms with E-state index in [4.69, 9.17) is 0 Å². The van der Waals surface area contributed by atoms with Gasteiger partial charge in [-0.1, -0.05) is 93.3 Å². The molecule has 0 saturated heterocycles. The van der Waals surface area contributed by atoms with Crippen molar-refractivity contribution in [3.8, 4) is 11.1 Å². The average Bonchev–Trinajstić information content (AvgIpc) is 2.72. The van der Waals surface area contributed by atoms with Crippen LogP contribution in [0.3, 0.4) is 0 Å². The van der Waals surface area contributed by atoms with E-state index in [9.17, 15) is 0 Å². The van der Waals surface area contributed by atoms with Gasteiger partial charge in [0.15, 0.2) is 0 Å². The number of fused-ring (bicyclic) bond motifs is 1. The predicted octanol–water partition coefficient (Wildman–Crippen LogP) is 5.91. The lowest BCUT2D eigenvalue weighted by Crippen LogP contribution is -2.34. The summed E-state index contributed by atoms with van der Waals surface area (Å²) in [4.78, 5) is 0. The first-order chi connectivity index (χ1) is 9.82. The third kappa shape index (κ3) is 2.30. The Labute approximate surface area is 129 Å². The Kier molecular flexibility index (Phi) is 3.21. The van der Waals surface area contributed by atoms with Gasteiger partial charge in [-0.05, 0) is 22.3 Å². The summed E-state index contributed by atoms with van der Waals surface area (Å²) in [6.07, 6.45) is 2.49. The van der Waals surface area contributed by atoms with Crippen LogP contribution in [0.1, 0.15) is 25.0 Å². The van der Waals surface area contributed by atoms with Crippen LogP contribution in [0.15, 0.2) is 53.7 Å². The monoisotopic (exact) mass is 292 g/mol. The Morgan fingerprint density at radius 2 is 1.48 bits per heavy atom. The molecular formula is C20H24Si. The Bertz CT molecular complexity index is 700.